The zero-order chi connectivity index (χ0) is 19.3. The zero-order valence-electron chi connectivity index (χ0n) is 15.0. The molecule has 3 aromatic carbocycles. The van der Waals surface area contributed by atoms with Gasteiger partial charge in [0.05, 0.1) is 5.52 Å². The van der Waals surface area contributed by atoms with Crippen LogP contribution in [0.15, 0.2) is 72.8 Å². The molecule has 0 fully saturated rings. The average Bonchev–Trinajstić information content (AvgIpc) is 2.73. The standard InChI is InChI=1S/C22H18Cl2N4/c23-17-9-5-15(6-10-17)13-25-21-19-3-1-2-4-20(19)27-22(28-21)26-14-16-7-11-18(24)12-8-16/h1-12H,13-14H2,(H2,25,26,27,28). The minimum absolute atomic E-state index is 0.576. The summed E-state index contributed by atoms with van der Waals surface area (Å²) in [5.74, 6) is 1.37. The van der Waals surface area contributed by atoms with Crippen molar-refractivity contribution in [1.29, 1.82) is 0 Å². The molecule has 0 bridgehead atoms. The van der Waals surface area contributed by atoms with E-state index in [0.717, 1.165) is 37.9 Å². The molecule has 6 heteroatoms. The Morgan fingerprint density at radius 3 is 1.86 bits per heavy atom. The first-order valence-electron chi connectivity index (χ1n) is 8.91. The summed E-state index contributed by atoms with van der Waals surface area (Å²) in [5.41, 5.74) is 3.12. The Labute approximate surface area is 173 Å². The molecule has 1 aromatic heterocycles. The van der Waals surface area contributed by atoms with Gasteiger partial charge in [-0.2, -0.15) is 4.98 Å². The van der Waals surface area contributed by atoms with Crippen LogP contribution in [0, 0.1) is 0 Å². The van der Waals surface area contributed by atoms with Crippen LogP contribution < -0.4 is 10.6 Å². The number of hydrogen-bond acceptors (Lipinski definition) is 4. The second kappa shape index (κ2) is 8.46. The van der Waals surface area contributed by atoms with Crippen molar-refractivity contribution in [3.8, 4) is 0 Å². The number of hydrogen-bond donors (Lipinski definition) is 2. The lowest BCUT2D eigenvalue weighted by molar-refractivity contribution is 1.05. The molecular formula is C22H18Cl2N4. The third kappa shape index (κ3) is 4.53. The van der Waals surface area contributed by atoms with E-state index in [1.165, 1.54) is 0 Å². The van der Waals surface area contributed by atoms with Crippen LogP contribution in [0.3, 0.4) is 0 Å². The average molecular weight is 409 g/mol. The van der Waals surface area contributed by atoms with E-state index in [1.807, 2.05) is 72.8 Å². The van der Waals surface area contributed by atoms with Crippen molar-refractivity contribution in [1.82, 2.24) is 9.97 Å². The first-order chi connectivity index (χ1) is 13.7. The lowest BCUT2D eigenvalue weighted by Gasteiger charge is -2.12. The SMILES string of the molecule is Clc1ccc(CNc2nc(NCc3ccc(Cl)cc3)c3ccccc3n2)cc1. The van der Waals surface area contributed by atoms with E-state index in [4.69, 9.17) is 23.2 Å². The van der Waals surface area contributed by atoms with E-state index in [9.17, 15) is 0 Å². The van der Waals surface area contributed by atoms with Gasteiger partial charge >= 0.3 is 0 Å². The smallest absolute Gasteiger partial charge is 0.225 e. The summed E-state index contributed by atoms with van der Waals surface area (Å²) in [5, 5.41) is 9.14. The molecule has 0 saturated carbocycles. The van der Waals surface area contributed by atoms with E-state index in [2.05, 4.69) is 20.6 Å². The first-order valence-corrected chi connectivity index (χ1v) is 9.66. The minimum Gasteiger partial charge on any atom is -0.365 e. The first kappa shape index (κ1) is 18.5. The Kier molecular flexibility index (Phi) is 5.60. The van der Waals surface area contributed by atoms with E-state index in [-0.39, 0.29) is 0 Å². The van der Waals surface area contributed by atoms with Crippen LogP contribution in [-0.2, 0) is 13.1 Å². The summed E-state index contributed by atoms with van der Waals surface area (Å²) in [4.78, 5) is 9.31. The lowest BCUT2D eigenvalue weighted by atomic mass is 10.2. The number of benzene rings is 3. The van der Waals surface area contributed by atoms with Gasteiger partial charge in [-0.1, -0.05) is 59.6 Å². The van der Waals surface area contributed by atoms with Crippen LogP contribution in [0.1, 0.15) is 11.1 Å². The van der Waals surface area contributed by atoms with Gasteiger partial charge in [0.25, 0.3) is 0 Å². The number of rotatable bonds is 6. The molecule has 0 radical (unpaired) electrons. The second-order valence-electron chi connectivity index (χ2n) is 6.37. The van der Waals surface area contributed by atoms with Gasteiger partial charge in [0.2, 0.25) is 5.95 Å². The fraction of sp³-hybridized carbons (Fsp3) is 0.0909. The summed E-state index contributed by atoms with van der Waals surface area (Å²) in [6, 6.07) is 23.4. The fourth-order valence-electron chi connectivity index (χ4n) is 2.86. The summed E-state index contributed by atoms with van der Waals surface area (Å²) < 4.78 is 0. The molecule has 0 aliphatic carbocycles. The number of fused-ring (bicyclic) bond motifs is 1. The van der Waals surface area contributed by atoms with Gasteiger partial charge in [-0.3, -0.25) is 0 Å². The number of para-hydroxylation sites is 1. The minimum atomic E-state index is 0.576. The molecule has 4 rings (SSSR count). The van der Waals surface area contributed by atoms with Crippen molar-refractivity contribution in [2.45, 2.75) is 13.1 Å². The number of aromatic nitrogens is 2. The normalized spacial score (nSPS) is 10.8. The van der Waals surface area contributed by atoms with Gasteiger partial charge in [0.15, 0.2) is 0 Å². The van der Waals surface area contributed by atoms with Crippen molar-refractivity contribution in [3.05, 3.63) is 94.0 Å². The fourth-order valence-corrected chi connectivity index (χ4v) is 3.11. The van der Waals surface area contributed by atoms with Crippen LogP contribution in [0.25, 0.3) is 10.9 Å². The molecule has 1 heterocycles. The van der Waals surface area contributed by atoms with Crippen LogP contribution in [-0.4, -0.2) is 9.97 Å². The van der Waals surface area contributed by atoms with Gasteiger partial charge < -0.3 is 10.6 Å². The topological polar surface area (TPSA) is 49.8 Å². The van der Waals surface area contributed by atoms with E-state index in [0.29, 0.717) is 19.0 Å². The van der Waals surface area contributed by atoms with Crippen molar-refractivity contribution in [2.75, 3.05) is 10.6 Å². The molecule has 0 spiro atoms. The van der Waals surface area contributed by atoms with Crippen LogP contribution in [0.2, 0.25) is 10.0 Å². The van der Waals surface area contributed by atoms with Gasteiger partial charge in [-0.25, -0.2) is 4.98 Å². The summed E-state index contributed by atoms with van der Waals surface area (Å²) >= 11 is 11.9. The Hall–Kier alpha value is -2.82. The zero-order valence-corrected chi connectivity index (χ0v) is 16.5. The molecule has 0 amide bonds. The van der Waals surface area contributed by atoms with E-state index in [1.54, 1.807) is 0 Å². The van der Waals surface area contributed by atoms with Crippen LogP contribution in [0.5, 0.6) is 0 Å². The van der Waals surface area contributed by atoms with Gasteiger partial charge in [0.1, 0.15) is 5.82 Å². The molecule has 0 saturated heterocycles. The largest absolute Gasteiger partial charge is 0.365 e. The van der Waals surface area contributed by atoms with Crippen molar-refractivity contribution in [3.63, 3.8) is 0 Å². The van der Waals surface area contributed by atoms with Gasteiger partial charge in [0, 0.05) is 28.5 Å². The van der Waals surface area contributed by atoms with E-state index >= 15 is 0 Å². The summed E-state index contributed by atoms with van der Waals surface area (Å²) in [6.45, 7) is 1.26. The van der Waals surface area contributed by atoms with Crippen molar-refractivity contribution >= 4 is 45.9 Å². The molecule has 0 atom stereocenters. The summed E-state index contributed by atoms with van der Waals surface area (Å²) in [7, 11) is 0. The molecule has 28 heavy (non-hydrogen) atoms. The summed E-state index contributed by atoms with van der Waals surface area (Å²) in [6.07, 6.45) is 0. The highest BCUT2D eigenvalue weighted by atomic mass is 35.5. The Bertz CT molecular complexity index is 1080. The molecule has 0 unspecified atom stereocenters. The molecule has 140 valence electrons. The number of halogens is 2. The molecule has 4 nitrogen and oxygen atoms in total. The van der Waals surface area contributed by atoms with E-state index < -0.39 is 0 Å². The predicted molar refractivity (Wildman–Crippen MR) is 117 cm³/mol. The van der Waals surface area contributed by atoms with Crippen LogP contribution in [0.4, 0.5) is 11.8 Å². The third-order valence-corrected chi connectivity index (χ3v) is 4.84. The molecular weight excluding hydrogens is 391 g/mol. The van der Waals surface area contributed by atoms with Gasteiger partial charge in [-0.15, -0.1) is 0 Å². The van der Waals surface area contributed by atoms with Crippen LogP contribution >= 0.6 is 23.2 Å². The predicted octanol–water partition coefficient (Wildman–Crippen LogP) is 6.16. The third-order valence-electron chi connectivity index (χ3n) is 4.34. The van der Waals surface area contributed by atoms with Gasteiger partial charge in [-0.05, 0) is 47.5 Å². The molecule has 4 aromatic rings. The Morgan fingerprint density at radius 2 is 1.21 bits per heavy atom. The molecule has 0 aliphatic heterocycles. The maximum absolute atomic E-state index is 5.97. The number of anilines is 2. The maximum Gasteiger partial charge on any atom is 0.225 e. The number of nitrogens with one attached hydrogen (secondary N) is 2. The Balaban J connectivity index is 1.55. The second-order valence-corrected chi connectivity index (χ2v) is 7.25. The van der Waals surface area contributed by atoms with Crippen molar-refractivity contribution < 1.29 is 0 Å². The molecule has 0 aliphatic rings. The monoisotopic (exact) mass is 408 g/mol. The number of nitrogens with zero attached hydrogens (tertiary/aromatic N) is 2. The highest BCUT2D eigenvalue weighted by molar-refractivity contribution is 6.30. The Morgan fingerprint density at radius 1 is 0.643 bits per heavy atom. The molecule has 2 N–H and O–H groups in total. The lowest BCUT2D eigenvalue weighted by Crippen LogP contribution is -2.08. The highest BCUT2D eigenvalue weighted by Gasteiger charge is 2.08. The maximum atomic E-state index is 5.97. The quantitative estimate of drug-likeness (QED) is 0.400. The van der Waals surface area contributed by atoms with Crippen molar-refractivity contribution in [2.24, 2.45) is 0 Å². The highest BCUT2D eigenvalue weighted by Crippen LogP contribution is 2.23.